The molecule has 0 fully saturated rings. The zero-order chi connectivity index (χ0) is 22.2. The van der Waals surface area contributed by atoms with Crippen LogP contribution in [-0.2, 0) is 0 Å². The number of imidazole rings is 1. The molecule has 5 rings (SSSR count). The first kappa shape index (κ1) is 20.1. The number of aryl methyl sites for hydroxylation is 2. The molecule has 0 spiro atoms. The Bertz CT molecular complexity index is 1390. The molecule has 0 aliphatic heterocycles. The zero-order valence-corrected chi connectivity index (χ0v) is 18.9. The maximum atomic E-state index is 5.73. The topological polar surface area (TPSA) is 32.0 Å². The van der Waals surface area contributed by atoms with Crippen LogP contribution in [0, 0.1) is 13.8 Å². The predicted molar refractivity (Wildman–Crippen MR) is 130 cm³/mol. The van der Waals surface area contributed by atoms with Gasteiger partial charge in [0.1, 0.15) is 5.75 Å². The van der Waals surface area contributed by atoms with E-state index in [0.29, 0.717) is 5.92 Å². The second-order valence-electron chi connectivity index (χ2n) is 8.38. The number of methoxy groups -OCH3 is 1. The average molecular weight is 422 g/mol. The quantitative estimate of drug-likeness (QED) is 0.320. The summed E-state index contributed by atoms with van der Waals surface area (Å²) >= 11 is 0. The Morgan fingerprint density at radius 3 is 2.47 bits per heavy atom. The summed E-state index contributed by atoms with van der Waals surface area (Å²) < 4.78 is 9.95. The van der Waals surface area contributed by atoms with Gasteiger partial charge in [0.25, 0.3) is 0 Å². The third-order valence-corrected chi connectivity index (χ3v) is 6.24. The van der Waals surface area contributed by atoms with Gasteiger partial charge in [0, 0.05) is 35.5 Å². The van der Waals surface area contributed by atoms with Crippen molar-refractivity contribution in [3.8, 4) is 17.1 Å². The maximum Gasteiger partial charge on any atom is 0.144 e. The van der Waals surface area contributed by atoms with E-state index in [4.69, 9.17) is 4.74 Å². The van der Waals surface area contributed by atoms with E-state index in [1.807, 2.05) is 24.0 Å². The number of hydrogen-bond acceptors (Lipinski definition) is 2. The molecule has 2 aromatic heterocycles. The lowest BCUT2D eigenvalue weighted by atomic mass is 9.90. The van der Waals surface area contributed by atoms with Crippen molar-refractivity contribution in [3.63, 3.8) is 0 Å². The molecular weight excluding hydrogens is 394 g/mol. The van der Waals surface area contributed by atoms with Crippen LogP contribution in [0.4, 0.5) is 0 Å². The van der Waals surface area contributed by atoms with E-state index in [-0.39, 0.29) is 0 Å². The molecule has 2 heterocycles. The largest absolute Gasteiger partial charge is 0.494 e. The van der Waals surface area contributed by atoms with E-state index >= 15 is 0 Å². The Labute approximate surface area is 188 Å². The van der Waals surface area contributed by atoms with Crippen molar-refractivity contribution in [1.82, 2.24) is 14.1 Å². The van der Waals surface area contributed by atoms with Crippen LogP contribution in [0.2, 0.25) is 0 Å². The van der Waals surface area contributed by atoms with E-state index in [2.05, 4.69) is 96.3 Å². The van der Waals surface area contributed by atoms with Crippen LogP contribution >= 0.6 is 0 Å². The molecule has 32 heavy (non-hydrogen) atoms. The molecule has 0 amide bonds. The molecule has 0 radical (unpaired) electrons. The van der Waals surface area contributed by atoms with Crippen LogP contribution in [0.1, 0.15) is 35.2 Å². The van der Waals surface area contributed by atoms with Crippen LogP contribution in [0.15, 0.2) is 85.5 Å². The molecule has 4 heteroatoms. The van der Waals surface area contributed by atoms with Crippen molar-refractivity contribution < 1.29 is 4.74 Å². The second kappa shape index (κ2) is 8.04. The van der Waals surface area contributed by atoms with Gasteiger partial charge in [-0.1, -0.05) is 48.9 Å². The molecule has 0 aliphatic carbocycles. The molecule has 5 aromatic rings. The third kappa shape index (κ3) is 3.48. The number of ether oxygens (including phenoxy) is 1. The molecule has 160 valence electrons. The summed E-state index contributed by atoms with van der Waals surface area (Å²) in [5.74, 6) is 1.13. The Balaban J connectivity index is 1.57. The van der Waals surface area contributed by atoms with Gasteiger partial charge in [0.05, 0.1) is 30.3 Å². The van der Waals surface area contributed by atoms with Crippen LogP contribution in [0.5, 0.6) is 5.75 Å². The molecule has 0 N–H and O–H groups in total. The SMILES string of the molecule is COc1cc(-n2ccc3c(C(C)c4ccc(C)cc4)cccc32)ccc1-n1cnc(C)c1. The molecule has 0 bridgehead atoms. The van der Waals surface area contributed by atoms with E-state index in [0.717, 1.165) is 22.8 Å². The fourth-order valence-corrected chi connectivity index (χ4v) is 4.41. The molecule has 0 saturated carbocycles. The maximum absolute atomic E-state index is 5.73. The zero-order valence-electron chi connectivity index (χ0n) is 18.9. The fraction of sp³-hybridized carbons (Fsp3) is 0.179. The van der Waals surface area contributed by atoms with Crippen molar-refractivity contribution >= 4 is 10.9 Å². The molecule has 0 aliphatic rings. The van der Waals surface area contributed by atoms with Gasteiger partial charge < -0.3 is 13.9 Å². The van der Waals surface area contributed by atoms with Crippen molar-refractivity contribution in [2.24, 2.45) is 0 Å². The average Bonchev–Trinajstić information content (AvgIpc) is 3.45. The Morgan fingerprint density at radius 1 is 0.938 bits per heavy atom. The van der Waals surface area contributed by atoms with E-state index in [9.17, 15) is 0 Å². The number of benzene rings is 3. The smallest absolute Gasteiger partial charge is 0.144 e. The predicted octanol–water partition coefficient (Wildman–Crippen LogP) is 6.59. The normalized spacial score (nSPS) is 12.2. The second-order valence-corrected chi connectivity index (χ2v) is 8.38. The highest BCUT2D eigenvalue weighted by atomic mass is 16.5. The number of aromatic nitrogens is 3. The molecule has 0 saturated heterocycles. The first-order valence-corrected chi connectivity index (χ1v) is 10.9. The molecule has 3 aromatic carbocycles. The molecule has 1 atom stereocenters. The number of hydrogen-bond donors (Lipinski definition) is 0. The van der Waals surface area contributed by atoms with Gasteiger partial charge in [0.15, 0.2) is 0 Å². The molecular formula is C28H27N3O. The summed E-state index contributed by atoms with van der Waals surface area (Å²) in [6, 6.07) is 23.9. The summed E-state index contributed by atoms with van der Waals surface area (Å²) in [6.07, 6.45) is 5.96. The van der Waals surface area contributed by atoms with E-state index in [1.165, 1.54) is 27.6 Å². The minimum absolute atomic E-state index is 0.316. The molecule has 4 nitrogen and oxygen atoms in total. The Hall–Kier alpha value is -3.79. The minimum Gasteiger partial charge on any atom is -0.494 e. The molecule has 1 unspecified atom stereocenters. The first-order chi connectivity index (χ1) is 15.5. The van der Waals surface area contributed by atoms with Crippen LogP contribution < -0.4 is 4.74 Å². The number of fused-ring (bicyclic) bond motifs is 1. The monoisotopic (exact) mass is 421 g/mol. The van der Waals surface area contributed by atoms with Crippen molar-refractivity contribution in [1.29, 1.82) is 0 Å². The third-order valence-electron chi connectivity index (χ3n) is 6.24. The highest BCUT2D eigenvalue weighted by Gasteiger charge is 2.15. The van der Waals surface area contributed by atoms with Gasteiger partial charge in [-0.3, -0.25) is 0 Å². The van der Waals surface area contributed by atoms with Crippen LogP contribution in [-0.4, -0.2) is 21.2 Å². The highest BCUT2D eigenvalue weighted by Crippen LogP contribution is 2.34. The van der Waals surface area contributed by atoms with Crippen LogP contribution in [0.3, 0.4) is 0 Å². The standard InChI is InChI=1S/C28H27N3O/c1-19-8-10-22(11-9-19)21(3)24-6-5-7-26-25(24)14-15-31(26)23-12-13-27(28(16-23)32-4)30-17-20(2)29-18-30/h5-18,21H,1-4H3. The van der Waals surface area contributed by atoms with Crippen LogP contribution in [0.25, 0.3) is 22.3 Å². The van der Waals surface area contributed by atoms with Gasteiger partial charge in [-0.05, 0) is 49.2 Å². The summed E-state index contributed by atoms with van der Waals surface area (Å²) in [5, 5.41) is 1.27. The lowest BCUT2D eigenvalue weighted by Crippen LogP contribution is -2.00. The summed E-state index contributed by atoms with van der Waals surface area (Å²) in [6.45, 7) is 6.39. The van der Waals surface area contributed by atoms with Crippen molar-refractivity contribution in [2.45, 2.75) is 26.7 Å². The summed E-state index contributed by atoms with van der Waals surface area (Å²) in [7, 11) is 1.71. The minimum atomic E-state index is 0.316. The van der Waals surface area contributed by atoms with E-state index < -0.39 is 0 Å². The van der Waals surface area contributed by atoms with Gasteiger partial charge in [-0.25, -0.2) is 4.98 Å². The van der Waals surface area contributed by atoms with Gasteiger partial charge in [-0.15, -0.1) is 0 Å². The first-order valence-electron chi connectivity index (χ1n) is 10.9. The van der Waals surface area contributed by atoms with Gasteiger partial charge in [0.2, 0.25) is 0 Å². The summed E-state index contributed by atoms with van der Waals surface area (Å²) in [4.78, 5) is 4.34. The van der Waals surface area contributed by atoms with Gasteiger partial charge in [-0.2, -0.15) is 0 Å². The fourth-order valence-electron chi connectivity index (χ4n) is 4.41. The number of nitrogens with zero attached hydrogens (tertiary/aromatic N) is 3. The van der Waals surface area contributed by atoms with Gasteiger partial charge >= 0.3 is 0 Å². The lowest BCUT2D eigenvalue weighted by molar-refractivity contribution is 0.412. The van der Waals surface area contributed by atoms with E-state index in [1.54, 1.807) is 7.11 Å². The Kier molecular flexibility index (Phi) is 5.06. The van der Waals surface area contributed by atoms with Crippen molar-refractivity contribution in [3.05, 3.63) is 108 Å². The Morgan fingerprint density at radius 2 is 1.75 bits per heavy atom. The summed E-state index contributed by atoms with van der Waals surface area (Å²) in [5.41, 5.74) is 8.16. The number of rotatable bonds is 5. The highest BCUT2D eigenvalue weighted by molar-refractivity contribution is 5.86. The lowest BCUT2D eigenvalue weighted by Gasteiger charge is -2.15. The van der Waals surface area contributed by atoms with Crippen molar-refractivity contribution in [2.75, 3.05) is 7.11 Å².